The Balaban J connectivity index is 1.87. The summed E-state index contributed by atoms with van der Waals surface area (Å²) >= 11 is 0. The van der Waals surface area contributed by atoms with Crippen LogP contribution in [0.3, 0.4) is 0 Å². The van der Waals surface area contributed by atoms with Crippen LogP contribution in [0.25, 0.3) is 10.9 Å². The van der Waals surface area contributed by atoms with E-state index in [1.165, 1.54) is 37.4 Å². The third-order valence-electron chi connectivity index (χ3n) is 4.22. The van der Waals surface area contributed by atoms with Gasteiger partial charge < -0.3 is 9.88 Å². The molecule has 0 bridgehead atoms. The summed E-state index contributed by atoms with van der Waals surface area (Å²) in [5.41, 5.74) is 2.19. The molecule has 1 saturated carbocycles. The molecule has 1 aromatic heterocycles. The molecule has 0 atom stereocenters. The number of aryl methyl sites for hydroxylation is 1. The zero-order valence-corrected chi connectivity index (χ0v) is 11.5. The number of halogens is 1. The van der Waals surface area contributed by atoms with E-state index in [1.807, 2.05) is 12.1 Å². The fourth-order valence-corrected chi connectivity index (χ4v) is 3.20. The molecule has 3 heteroatoms. The van der Waals surface area contributed by atoms with Gasteiger partial charge in [-0.25, -0.2) is 4.39 Å². The van der Waals surface area contributed by atoms with Crippen molar-refractivity contribution in [1.29, 1.82) is 0 Å². The van der Waals surface area contributed by atoms with E-state index < -0.39 is 0 Å². The van der Waals surface area contributed by atoms with Crippen molar-refractivity contribution in [2.24, 2.45) is 0 Å². The summed E-state index contributed by atoms with van der Waals surface area (Å²) in [7, 11) is 0. The molecular formula is C16H21FN2. The standard InChI is InChI=1S/C16H21FN2/c1-2-19-13(11-18-12-6-3-4-7-12)10-14-15(17)8-5-9-16(14)19/h5,8-10,12,18H,2-4,6-7,11H2,1H3. The molecule has 2 aromatic rings. The van der Waals surface area contributed by atoms with Gasteiger partial charge in [0.05, 0.1) is 5.52 Å². The van der Waals surface area contributed by atoms with Gasteiger partial charge in [-0.15, -0.1) is 0 Å². The van der Waals surface area contributed by atoms with Crippen LogP contribution < -0.4 is 5.32 Å². The SMILES string of the molecule is CCn1c(CNC2CCCC2)cc2c(F)cccc21. The van der Waals surface area contributed by atoms with E-state index in [0.29, 0.717) is 6.04 Å². The van der Waals surface area contributed by atoms with E-state index >= 15 is 0 Å². The first-order valence-electron chi connectivity index (χ1n) is 7.29. The molecule has 1 aliphatic rings. The van der Waals surface area contributed by atoms with E-state index in [2.05, 4.69) is 16.8 Å². The Morgan fingerprint density at radius 2 is 2.11 bits per heavy atom. The minimum atomic E-state index is -0.119. The number of nitrogens with zero attached hydrogens (tertiary/aromatic N) is 1. The highest BCUT2D eigenvalue weighted by molar-refractivity contribution is 5.82. The largest absolute Gasteiger partial charge is 0.344 e. The molecule has 0 unspecified atom stereocenters. The van der Waals surface area contributed by atoms with Crippen LogP contribution in [0.4, 0.5) is 4.39 Å². The zero-order valence-electron chi connectivity index (χ0n) is 11.5. The van der Waals surface area contributed by atoms with Crippen LogP contribution in [-0.2, 0) is 13.1 Å². The maximum absolute atomic E-state index is 13.8. The maximum atomic E-state index is 13.8. The summed E-state index contributed by atoms with van der Waals surface area (Å²) < 4.78 is 16.0. The Labute approximate surface area is 113 Å². The molecule has 102 valence electrons. The van der Waals surface area contributed by atoms with Crippen LogP contribution >= 0.6 is 0 Å². The summed E-state index contributed by atoms with van der Waals surface area (Å²) in [5, 5.41) is 4.35. The van der Waals surface area contributed by atoms with Gasteiger partial charge in [0.25, 0.3) is 0 Å². The Morgan fingerprint density at radius 3 is 2.84 bits per heavy atom. The van der Waals surface area contributed by atoms with Crippen molar-refractivity contribution in [3.05, 3.63) is 35.8 Å². The van der Waals surface area contributed by atoms with Crippen LogP contribution in [0.2, 0.25) is 0 Å². The summed E-state index contributed by atoms with van der Waals surface area (Å²) in [6.45, 7) is 3.84. The predicted molar refractivity (Wildman–Crippen MR) is 76.7 cm³/mol. The van der Waals surface area contributed by atoms with Crippen molar-refractivity contribution in [1.82, 2.24) is 9.88 Å². The van der Waals surface area contributed by atoms with Crippen LogP contribution in [0.5, 0.6) is 0 Å². The molecule has 2 nitrogen and oxygen atoms in total. The molecule has 3 rings (SSSR count). The number of aromatic nitrogens is 1. The average molecular weight is 260 g/mol. The lowest BCUT2D eigenvalue weighted by Gasteiger charge is -2.13. The van der Waals surface area contributed by atoms with Gasteiger partial charge >= 0.3 is 0 Å². The fraction of sp³-hybridized carbons (Fsp3) is 0.500. The van der Waals surface area contributed by atoms with Crippen LogP contribution in [0.1, 0.15) is 38.3 Å². The minimum Gasteiger partial charge on any atom is -0.344 e. The number of benzene rings is 1. The van der Waals surface area contributed by atoms with Gasteiger partial charge in [-0.05, 0) is 38.0 Å². The Morgan fingerprint density at radius 1 is 1.32 bits per heavy atom. The third kappa shape index (κ3) is 2.39. The van der Waals surface area contributed by atoms with E-state index in [1.54, 1.807) is 6.07 Å². The second-order valence-electron chi connectivity index (χ2n) is 5.41. The van der Waals surface area contributed by atoms with Gasteiger partial charge in [-0.2, -0.15) is 0 Å². The lowest BCUT2D eigenvalue weighted by atomic mass is 10.2. The monoisotopic (exact) mass is 260 g/mol. The van der Waals surface area contributed by atoms with Crippen molar-refractivity contribution in [2.45, 2.75) is 51.7 Å². The van der Waals surface area contributed by atoms with Crippen molar-refractivity contribution >= 4 is 10.9 Å². The van der Waals surface area contributed by atoms with Crippen molar-refractivity contribution in [3.8, 4) is 0 Å². The zero-order chi connectivity index (χ0) is 13.2. The predicted octanol–water partition coefficient (Wildman–Crippen LogP) is 3.83. The van der Waals surface area contributed by atoms with Crippen molar-refractivity contribution < 1.29 is 4.39 Å². The van der Waals surface area contributed by atoms with Gasteiger partial charge in [-0.1, -0.05) is 18.9 Å². The second kappa shape index (κ2) is 5.33. The summed E-state index contributed by atoms with van der Waals surface area (Å²) in [6, 6.07) is 7.97. The van der Waals surface area contributed by atoms with Gasteiger partial charge in [0.15, 0.2) is 0 Å². The maximum Gasteiger partial charge on any atom is 0.132 e. The van der Waals surface area contributed by atoms with Crippen molar-refractivity contribution in [3.63, 3.8) is 0 Å². The van der Waals surface area contributed by atoms with Crippen LogP contribution in [0, 0.1) is 5.82 Å². The first-order chi connectivity index (χ1) is 9.29. The molecule has 1 heterocycles. The molecule has 0 amide bonds. The quantitative estimate of drug-likeness (QED) is 0.884. The van der Waals surface area contributed by atoms with E-state index in [0.717, 1.165) is 24.0 Å². The molecule has 1 fully saturated rings. The molecule has 0 aliphatic heterocycles. The highest BCUT2D eigenvalue weighted by Gasteiger charge is 2.16. The number of fused-ring (bicyclic) bond motifs is 1. The van der Waals surface area contributed by atoms with Gasteiger partial charge in [0, 0.05) is 30.2 Å². The molecule has 1 aromatic carbocycles. The second-order valence-corrected chi connectivity index (χ2v) is 5.41. The Kier molecular flexibility index (Phi) is 3.56. The van der Waals surface area contributed by atoms with Crippen LogP contribution in [0.15, 0.2) is 24.3 Å². The van der Waals surface area contributed by atoms with Crippen LogP contribution in [-0.4, -0.2) is 10.6 Å². The van der Waals surface area contributed by atoms with Gasteiger partial charge in [0.1, 0.15) is 5.82 Å². The smallest absolute Gasteiger partial charge is 0.132 e. The Hall–Kier alpha value is -1.35. The Bertz CT molecular complexity index is 567. The molecule has 19 heavy (non-hydrogen) atoms. The highest BCUT2D eigenvalue weighted by atomic mass is 19.1. The highest BCUT2D eigenvalue weighted by Crippen LogP contribution is 2.24. The number of rotatable bonds is 4. The molecule has 0 spiro atoms. The summed E-state index contributed by atoms with van der Waals surface area (Å²) in [6.07, 6.45) is 5.23. The average Bonchev–Trinajstić information content (AvgIpc) is 3.03. The number of hydrogen-bond donors (Lipinski definition) is 1. The van der Waals surface area contributed by atoms with Gasteiger partial charge in [-0.3, -0.25) is 0 Å². The molecule has 0 radical (unpaired) electrons. The summed E-state index contributed by atoms with van der Waals surface area (Å²) in [5.74, 6) is -0.119. The topological polar surface area (TPSA) is 17.0 Å². The first kappa shape index (κ1) is 12.7. The van der Waals surface area contributed by atoms with E-state index in [9.17, 15) is 4.39 Å². The summed E-state index contributed by atoms with van der Waals surface area (Å²) in [4.78, 5) is 0. The lowest BCUT2D eigenvalue weighted by Crippen LogP contribution is -2.26. The lowest BCUT2D eigenvalue weighted by molar-refractivity contribution is 0.510. The molecule has 1 aliphatic carbocycles. The molecular weight excluding hydrogens is 239 g/mol. The minimum absolute atomic E-state index is 0.119. The number of hydrogen-bond acceptors (Lipinski definition) is 1. The molecule has 0 saturated heterocycles. The third-order valence-corrected chi connectivity index (χ3v) is 4.22. The molecule has 1 N–H and O–H groups in total. The normalized spacial score (nSPS) is 16.5. The van der Waals surface area contributed by atoms with E-state index in [4.69, 9.17) is 0 Å². The van der Waals surface area contributed by atoms with E-state index in [-0.39, 0.29) is 5.82 Å². The van der Waals surface area contributed by atoms with Gasteiger partial charge in [0.2, 0.25) is 0 Å². The fourth-order valence-electron chi connectivity index (χ4n) is 3.20. The first-order valence-corrected chi connectivity index (χ1v) is 7.29. The van der Waals surface area contributed by atoms with Crippen molar-refractivity contribution in [2.75, 3.05) is 0 Å². The number of nitrogens with one attached hydrogen (secondary N) is 1.